The maximum atomic E-state index is 12.2. The van der Waals surface area contributed by atoms with Gasteiger partial charge in [-0.2, -0.15) is 0 Å². The highest BCUT2D eigenvalue weighted by molar-refractivity contribution is 6.30. The molecule has 22 heavy (non-hydrogen) atoms. The van der Waals surface area contributed by atoms with Crippen LogP contribution in [-0.2, 0) is 6.54 Å². The number of rotatable bonds is 3. The summed E-state index contributed by atoms with van der Waals surface area (Å²) in [5, 5.41) is 3.38. The van der Waals surface area contributed by atoms with Crippen LogP contribution in [0.1, 0.15) is 5.82 Å². The van der Waals surface area contributed by atoms with Crippen molar-refractivity contribution in [2.45, 2.75) is 6.54 Å². The summed E-state index contributed by atoms with van der Waals surface area (Å²) in [6, 6.07) is 14.6. The fraction of sp³-hybridized carbons (Fsp3) is 0.125. The van der Waals surface area contributed by atoms with E-state index in [1.165, 1.54) is 0 Å². The molecule has 0 aliphatic rings. The van der Waals surface area contributed by atoms with Crippen LogP contribution in [0.3, 0.4) is 0 Å². The number of hydrogen-bond acceptors (Lipinski definition) is 2. The Kier molecular flexibility index (Phi) is 3.98. The molecule has 0 saturated heterocycles. The normalized spacial score (nSPS) is 10.6. The van der Waals surface area contributed by atoms with Crippen molar-refractivity contribution in [3.63, 3.8) is 0 Å². The number of aromatic nitrogens is 2. The number of anilines is 1. The van der Waals surface area contributed by atoms with E-state index in [1.54, 1.807) is 36.2 Å². The number of carbonyl (C=O) groups is 1. The predicted octanol–water partition coefficient (Wildman–Crippen LogP) is 3.88. The number of nitrogens with zero attached hydrogens (tertiary/aromatic N) is 2. The SMILES string of the molecule is CN(Cc1nc2ccccc2[nH]1)C(=O)Nc1cccc(Cl)c1. The van der Waals surface area contributed by atoms with Crippen molar-refractivity contribution in [1.29, 1.82) is 0 Å². The Bertz CT molecular complexity index is 782. The molecule has 0 atom stereocenters. The van der Waals surface area contributed by atoms with Gasteiger partial charge in [0.25, 0.3) is 0 Å². The first-order valence-electron chi connectivity index (χ1n) is 6.83. The Labute approximate surface area is 132 Å². The van der Waals surface area contributed by atoms with E-state index < -0.39 is 0 Å². The standard InChI is InChI=1S/C16H15ClN4O/c1-21(16(22)18-12-6-4-5-11(17)9-12)10-15-19-13-7-2-3-8-14(13)20-15/h2-9H,10H2,1H3,(H,18,22)(H,19,20). The number of amides is 2. The van der Waals surface area contributed by atoms with E-state index in [0.717, 1.165) is 16.9 Å². The number of para-hydroxylation sites is 2. The number of nitrogens with one attached hydrogen (secondary N) is 2. The lowest BCUT2D eigenvalue weighted by Crippen LogP contribution is -2.31. The molecule has 0 unspecified atom stereocenters. The Balaban J connectivity index is 1.68. The summed E-state index contributed by atoms with van der Waals surface area (Å²) in [6.45, 7) is 0.390. The second kappa shape index (κ2) is 6.07. The van der Waals surface area contributed by atoms with Crippen LogP contribution in [0.4, 0.5) is 10.5 Å². The molecule has 1 heterocycles. The lowest BCUT2D eigenvalue weighted by molar-refractivity contribution is 0.219. The Morgan fingerprint density at radius 1 is 1.27 bits per heavy atom. The number of H-pyrrole nitrogens is 1. The zero-order valence-corrected chi connectivity index (χ0v) is 12.8. The van der Waals surface area contributed by atoms with Gasteiger partial charge >= 0.3 is 6.03 Å². The number of benzene rings is 2. The summed E-state index contributed by atoms with van der Waals surface area (Å²) in [5.74, 6) is 0.741. The van der Waals surface area contributed by atoms with Gasteiger partial charge in [0.1, 0.15) is 5.82 Å². The van der Waals surface area contributed by atoms with Crippen LogP contribution >= 0.6 is 11.6 Å². The van der Waals surface area contributed by atoms with Crippen molar-refractivity contribution in [1.82, 2.24) is 14.9 Å². The molecule has 112 valence electrons. The number of carbonyl (C=O) groups excluding carboxylic acids is 1. The molecule has 1 aromatic heterocycles. The first-order valence-corrected chi connectivity index (χ1v) is 7.21. The second-order valence-corrected chi connectivity index (χ2v) is 5.43. The minimum absolute atomic E-state index is 0.220. The predicted molar refractivity (Wildman–Crippen MR) is 88.0 cm³/mol. The summed E-state index contributed by atoms with van der Waals surface area (Å²) >= 11 is 5.90. The fourth-order valence-corrected chi connectivity index (χ4v) is 2.35. The van der Waals surface area contributed by atoms with Gasteiger partial charge in [0.15, 0.2) is 0 Å². The molecule has 6 heteroatoms. The van der Waals surface area contributed by atoms with Crippen LogP contribution in [0.15, 0.2) is 48.5 Å². The van der Waals surface area contributed by atoms with Crippen molar-refractivity contribution in [2.24, 2.45) is 0 Å². The van der Waals surface area contributed by atoms with Crippen LogP contribution in [0.5, 0.6) is 0 Å². The highest BCUT2D eigenvalue weighted by Gasteiger charge is 2.12. The molecular weight excluding hydrogens is 300 g/mol. The molecule has 0 bridgehead atoms. The summed E-state index contributed by atoms with van der Waals surface area (Å²) in [6.07, 6.45) is 0. The van der Waals surface area contributed by atoms with E-state index >= 15 is 0 Å². The lowest BCUT2D eigenvalue weighted by Gasteiger charge is -2.16. The number of imidazole rings is 1. The van der Waals surface area contributed by atoms with Crippen molar-refractivity contribution in [3.05, 3.63) is 59.4 Å². The molecule has 0 aliphatic carbocycles. The molecule has 0 fully saturated rings. The molecule has 0 aliphatic heterocycles. The van der Waals surface area contributed by atoms with Crippen LogP contribution in [0.25, 0.3) is 11.0 Å². The van der Waals surface area contributed by atoms with Crippen LogP contribution in [0.2, 0.25) is 5.02 Å². The molecular formula is C16H15ClN4O. The fourth-order valence-electron chi connectivity index (χ4n) is 2.16. The Hall–Kier alpha value is -2.53. The highest BCUT2D eigenvalue weighted by atomic mass is 35.5. The van der Waals surface area contributed by atoms with Gasteiger partial charge in [-0.05, 0) is 30.3 Å². The zero-order valence-electron chi connectivity index (χ0n) is 12.0. The molecule has 5 nitrogen and oxygen atoms in total. The number of urea groups is 1. The van der Waals surface area contributed by atoms with Crippen molar-refractivity contribution in [3.8, 4) is 0 Å². The monoisotopic (exact) mass is 314 g/mol. The summed E-state index contributed by atoms with van der Waals surface area (Å²) in [4.78, 5) is 21.4. The van der Waals surface area contributed by atoms with E-state index in [9.17, 15) is 4.79 Å². The molecule has 2 aromatic carbocycles. The molecule has 2 N–H and O–H groups in total. The third-order valence-corrected chi connectivity index (χ3v) is 3.48. The van der Waals surface area contributed by atoms with E-state index in [0.29, 0.717) is 17.3 Å². The van der Waals surface area contributed by atoms with Gasteiger partial charge in [-0.3, -0.25) is 0 Å². The number of fused-ring (bicyclic) bond motifs is 1. The maximum absolute atomic E-state index is 12.2. The number of aromatic amines is 1. The van der Waals surface area contributed by atoms with Crippen molar-refractivity contribution in [2.75, 3.05) is 12.4 Å². The summed E-state index contributed by atoms with van der Waals surface area (Å²) in [5.41, 5.74) is 2.51. The van der Waals surface area contributed by atoms with Gasteiger partial charge < -0.3 is 15.2 Å². The quantitative estimate of drug-likeness (QED) is 0.770. The minimum Gasteiger partial charge on any atom is -0.340 e. The first-order chi connectivity index (χ1) is 10.6. The molecule has 0 saturated carbocycles. The lowest BCUT2D eigenvalue weighted by atomic mass is 10.3. The van der Waals surface area contributed by atoms with Crippen molar-refractivity contribution < 1.29 is 4.79 Å². The Morgan fingerprint density at radius 3 is 2.86 bits per heavy atom. The van der Waals surface area contributed by atoms with Crippen molar-refractivity contribution >= 4 is 34.4 Å². The molecule has 3 rings (SSSR count). The van der Waals surface area contributed by atoms with Gasteiger partial charge in [-0.1, -0.05) is 29.8 Å². The van der Waals surface area contributed by atoms with Gasteiger partial charge in [0.05, 0.1) is 17.6 Å². The van der Waals surface area contributed by atoms with Crippen LogP contribution in [0, 0.1) is 0 Å². The van der Waals surface area contributed by atoms with E-state index in [4.69, 9.17) is 11.6 Å². The number of hydrogen-bond donors (Lipinski definition) is 2. The molecule has 3 aromatic rings. The number of halogens is 1. The topological polar surface area (TPSA) is 61.0 Å². The maximum Gasteiger partial charge on any atom is 0.321 e. The van der Waals surface area contributed by atoms with Crippen LogP contribution < -0.4 is 5.32 Å². The van der Waals surface area contributed by atoms with Crippen LogP contribution in [-0.4, -0.2) is 27.9 Å². The zero-order chi connectivity index (χ0) is 15.5. The minimum atomic E-state index is -0.220. The largest absolute Gasteiger partial charge is 0.340 e. The average molecular weight is 315 g/mol. The second-order valence-electron chi connectivity index (χ2n) is 5.00. The molecule has 2 amide bonds. The molecule has 0 radical (unpaired) electrons. The smallest absolute Gasteiger partial charge is 0.321 e. The third-order valence-electron chi connectivity index (χ3n) is 3.25. The van der Waals surface area contributed by atoms with E-state index in [1.807, 2.05) is 24.3 Å². The van der Waals surface area contributed by atoms with Gasteiger partial charge in [-0.25, -0.2) is 9.78 Å². The highest BCUT2D eigenvalue weighted by Crippen LogP contribution is 2.16. The van der Waals surface area contributed by atoms with E-state index in [-0.39, 0.29) is 6.03 Å². The van der Waals surface area contributed by atoms with E-state index in [2.05, 4.69) is 15.3 Å². The van der Waals surface area contributed by atoms with Gasteiger partial charge in [0, 0.05) is 17.8 Å². The van der Waals surface area contributed by atoms with Gasteiger partial charge in [0.2, 0.25) is 0 Å². The molecule has 0 spiro atoms. The first kappa shape index (κ1) is 14.4. The Morgan fingerprint density at radius 2 is 2.09 bits per heavy atom. The average Bonchev–Trinajstić information content (AvgIpc) is 2.89. The summed E-state index contributed by atoms with van der Waals surface area (Å²) in [7, 11) is 1.72. The van der Waals surface area contributed by atoms with Gasteiger partial charge in [-0.15, -0.1) is 0 Å². The summed E-state index contributed by atoms with van der Waals surface area (Å²) < 4.78 is 0. The third kappa shape index (κ3) is 3.20.